The lowest BCUT2D eigenvalue weighted by molar-refractivity contribution is -0.140. The molecule has 2 aromatic carbocycles. The third kappa shape index (κ3) is 5.43. The van der Waals surface area contributed by atoms with E-state index in [1.54, 1.807) is 36.4 Å². The highest BCUT2D eigenvalue weighted by atomic mass is 16.5. The molecular formula is C27H34N2O6. The predicted octanol–water partition coefficient (Wildman–Crippen LogP) is 3.78. The molecule has 2 aromatic rings. The molecule has 1 heterocycles. The molecule has 188 valence electrons. The van der Waals surface area contributed by atoms with Crippen LogP contribution in [0.5, 0.6) is 17.2 Å². The van der Waals surface area contributed by atoms with Gasteiger partial charge >= 0.3 is 0 Å². The van der Waals surface area contributed by atoms with Crippen LogP contribution >= 0.6 is 0 Å². The van der Waals surface area contributed by atoms with Crippen molar-refractivity contribution in [3.8, 4) is 17.2 Å². The van der Waals surface area contributed by atoms with Crippen LogP contribution in [-0.4, -0.2) is 74.6 Å². The summed E-state index contributed by atoms with van der Waals surface area (Å²) in [5.41, 5.74) is 1.96. The second-order valence-corrected chi connectivity index (χ2v) is 8.74. The molecule has 1 fully saturated rings. The Morgan fingerprint density at radius 2 is 1.71 bits per heavy atom. The fourth-order valence-corrected chi connectivity index (χ4v) is 4.11. The molecule has 8 nitrogen and oxygen atoms in total. The number of hydrogen-bond acceptors (Lipinski definition) is 7. The van der Waals surface area contributed by atoms with E-state index in [4.69, 9.17) is 14.2 Å². The van der Waals surface area contributed by atoms with Gasteiger partial charge in [-0.1, -0.05) is 13.0 Å². The summed E-state index contributed by atoms with van der Waals surface area (Å²) in [7, 11) is 6.85. The number of carbonyl (C=O) groups excluding carboxylic acids is 2. The zero-order valence-corrected chi connectivity index (χ0v) is 21.3. The first-order valence-corrected chi connectivity index (χ1v) is 11.6. The lowest BCUT2D eigenvalue weighted by atomic mass is 9.94. The van der Waals surface area contributed by atoms with Crippen LogP contribution in [0.2, 0.25) is 0 Å². The highest BCUT2D eigenvalue weighted by molar-refractivity contribution is 6.46. The summed E-state index contributed by atoms with van der Waals surface area (Å²) in [4.78, 5) is 29.8. The van der Waals surface area contributed by atoms with Crippen LogP contribution in [0.15, 0.2) is 42.0 Å². The van der Waals surface area contributed by atoms with Crippen LogP contribution < -0.4 is 14.2 Å². The Morgan fingerprint density at radius 1 is 1.03 bits per heavy atom. The standard InChI is InChI=1S/C27H34N2O6/c1-7-14-35-20-10-9-19(15-17(20)2)25(30)23-24(18-8-11-21(33-5)22(16-18)34-6)29(13-12-28(3)4)27(32)26(23)31/h8-11,15-16,24,30H,7,12-14H2,1-6H3/b25-23-. The largest absolute Gasteiger partial charge is 0.507 e. The van der Waals surface area contributed by atoms with E-state index in [0.29, 0.717) is 48.1 Å². The Kier molecular flexibility index (Phi) is 8.40. The highest BCUT2D eigenvalue weighted by Crippen LogP contribution is 2.42. The minimum atomic E-state index is -0.772. The van der Waals surface area contributed by atoms with Gasteiger partial charge in [0.1, 0.15) is 11.5 Å². The molecule has 0 bridgehead atoms. The van der Waals surface area contributed by atoms with Crippen molar-refractivity contribution < 1.29 is 28.9 Å². The molecular weight excluding hydrogens is 448 g/mol. The van der Waals surface area contributed by atoms with Crippen molar-refractivity contribution in [2.24, 2.45) is 0 Å². The Hall–Kier alpha value is -3.52. The Balaban J connectivity index is 2.14. The smallest absolute Gasteiger partial charge is 0.295 e. The fourth-order valence-electron chi connectivity index (χ4n) is 4.11. The van der Waals surface area contributed by atoms with Crippen molar-refractivity contribution in [1.29, 1.82) is 0 Å². The summed E-state index contributed by atoms with van der Waals surface area (Å²) >= 11 is 0. The molecule has 8 heteroatoms. The topological polar surface area (TPSA) is 88.5 Å². The number of hydrogen-bond donors (Lipinski definition) is 1. The van der Waals surface area contributed by atoms with Gasteiger partial charge in [-0.2, -0.15) is 0 Å². The molecule has 1 aliphatic heterocycles. The number of likely N-dealkylation sites (tertiary alicyclic amines) is 1. The molecule has 1 unspecified atom stereocenters. The van der Waals surface area contributed by atoms with Gasteiger partial charge in [-0.25, -0.2) is 0 Å². The Morgan fingerprint density at radius 3 is 2.31 bits per heavy atom. The summed E-state index contributed by atoms with van der Waals surface area (Å²) in [5, 5.41) is 11.3. The van der Waals surface area contributed by atoms with Gasteiger partial charge in [-0.15, -0.1) is 0 Å². The number of ketones is 1. The van der Waals surface area contributed by atoms with Crippen LogP contribution in [0.25, 0.3) is 5.76 Å². The molecule has 1 N–H and O–H groups in total. The minimum absolute atomic E-state index is 0.0441. The molecule has 3 rings (SSSR count). The number of benzene rings is 2. The van der Waals surface area contributed by atoms with Gasteiger partial charge < -0.3 is 29.1 Å². The van der Waals surface area contributed by atoms with E-state index >= 15 is 0 Å². The number of aliphatic hydroxyl groups excluding tert-OH is 1. The minimum Gasteiger partial charge on any atom is -0.507 e. The van der Waals surface area contributed by atoms with E-state index in [1.165, 1.54) is 19.1 Å². The number of carbonyl (C=O) groups is 2. The number of nitrogens with zero attached hydrogens (tertiary/aromatic N) is 2. The molecule has 0 aromatic heterocycles. The van der Waals surface area contributed by atoms with Crippen molar-refractivity contribution in [1.82, 2.24) is 9.80 Å². The van der Waals surface area contributed by atoms with E-state index in [1.807, 2.05) is 32.8 Å². The van der Waals surface area contributed by atoms with Gasteiger partial charge in [0.2, 0.25) is 0 Å². The van der Waals surface area contributed by atoms with E-state index in [9.17, 15) is 14.7 Å². The number of amides is 1. The van der Waals surface area contributed by atoms with Crippen LogP contribution in [0.4, 0.5) is 0 Å². The summed E-state index contributed by atoms with van der Waals surface area (Å²) in [5.74, 6) is 0.126. The summed E-state index contributed by atoms with van der Waals surface area (Å²) in [6.07, 6.45) is 0.878. The maximum atomic E-state index is 13.2. The highest BCUT2D eigenvalue weighted by Gasteiger charge is 2.46. The van der Waals surface area contributed by atoms with Crippen molar-refractivity contribution >= 4 is 17.4 Å². The van der Waals surface area contributed by atoms with Gasteiger partial charge in [0.05, 0.1) is 32.4 Å². The molecule has 35 heavy (non-hydrogen) atoms. The van der Waals surface area contributed by atoms with E-state index in [0.717, 1.165) is 12.0 Å². The number of aliphatic hydroxyl groups is 1. The molecule has 0 radical (unpaired) electrons. The van der Waals surface area contributed by atoms with Gasteiger partial charge in [0, 0.05) is 18.7 Å². The molecule has 1 atom stereocenters. The number of Topliss-reactive ketones (excluding diaryl/α,β-unsaturated/α-hetero) is 1. The lowest BCUT2D eigenvalue weighted by Gasteiger charge is -2.27. The number of ether oxygens (including phenoxy) is 3. The summed E-state index contributed by atoms with van der Waals surface area (Å²) in [6, 6.07) is 9.70. The monoisotopic (exact) mass is 482 g/mol. The van der Waals surface area contributed by atoms with Crippen LogP contribution in [-0.2, 0) is 9.59 Å². The maximum absolute atomic E-state index is 13.2. The molecule has 0 aliphatic carbocycles. The Bertz CT molecular complexity index is 1120. The fraction of sp³-hybridized carbons (Fsp3) is 0.407. The molecule has 1 aliphatic rings. The third-order valence-electron chi connectivity index (χ3n) is 5.96. The second-order valence-electron chi connectivity index (χ2n) is 8.74. The molecule has 0 spiro atoms. The zero-order chi connectivity index (χ0) is 25.7. The maximum Gasteiger partial charge on any atom is 0.295 e. The quantitative estimate of drug-likeness (QED) is 0.313. The molecule has 0 saturated carbocycles. The van der Waals surface area contributed by atoms with Gasteiger partial charge in [-0.3, -0.25) is 9.59 Å². The zero-order valence-electron chi connectivity index (χ0n) is 21.3. The SMILES string of the molecule is CCCOc1ccc(/C(O)=C2/C(=O)C(=O)N(CCN(C)C)C2c2ccc(OC)c(OC)c2)cc1C. The van der Waals surface area contributed by atoms with Crippen molar-refractivity contribution in [3.05, 3.63) is 58.7 Å². The predicted molar refractivity (Wildman–Crippen MR) is 134 cm³/mol. The summed E-state index contributed by atoms with van der Waals surface area (Å²) < 4.78 is 16.5. The molecule has 1 amide bonds. The first kappa shape index (κ1) is 26.1. The van der Waals surface area contributed by atoms with Crippen molar-refractivity contribution in [2.45, 2.75) is 26.3 Å². The number of likely N-dealkylation sites (N-methyl/N-ethyl adjacent to an activating group) is 1. The van der Waals surface area contributed by atoms with E-state index in [-0.39, 0.29) is 11.3 Å². The van der Waals surface area contributed by atoms with Gasteiger partial charge in [0.25, 0.3) is 11.7 Å². The average Bonchev–Trinajstić information content (AvgIpc) is 3.10. The van der Waals surface area contributed by atoms with Gasteiger partial charge in [0.15, 0.2) is 11.5 Å². The lowest BCUT2D eigenvalue weighted by Crippen LogP contribution is -2.35. The normalized spacial score (nSPS) is 17.2. The summed E-state index contributed by atoms with van der Waals surface area (Å²) in [6.45, 7) is 5.36. The van der Waals surface area contributed by atoms with Crippen molar-refractivity contribution in [2.75, 3.05) is 48.0 Å². The van der Waals surface area contributed by atoms with E-state index < -0.39 is 17.7 Å². The number of rotatable bonds is 10. The molecule has 1 saturated heterocycles. The Labute approximate surface area is 206 Å². The number of aryl methyl sites for hydroxylation is 1. The van der Waals surface area contributed by atoms with Crippen LogP contribution in [0, 0.1) is 6.92 Å². The average molecular weight is 483 g/mol. The van der Waals surface area contributed by atoms with Crippen LogP contribution in [0.3, 0.4) is 0 Å². The van der Waals surface area contributed by atoms with E-state index in [2.05, 4.69) is 0 Å². The third-order valence-corrected chi connectivity index (χ3v) is 5.96. The number of methoxy groups -OCH3 is 2. The first-order valence-electron chi connectivity index (χ1n) is 11.6. The second kappa shape index (κ2) is 11.3. The first-order chi connectivity index (χ1) is 16.7. The van der Waals surface area contributed by atoms with Crippen molar-refractivity contribution in [3.63, 3.8) is 0 Å². The van der Waals surface area contributed by atoms with Crippen LogP contribution in [0.1, 0.15) is 36.1 Å². The van der Waals surface area contributed by atoms with Gasteiger partial charge in [-0.05, 0) is 68.9 Å².